The van der Waals surface area contributed by atoms with E-state index in [2.05, 4.69) is 21.7 Å². The Kier molecular flexibility index (Phi) is 8.57. The van der Waals surface area contributed by atoms with Crippen LogP contribution in [-0.4, -0.2) is 24.1 Å². The fourth-order valence-electron chi connectivity index (χ4n) is 1.78. The van der Waals surface area contributed by atoms with E-state index in [1.54, 1.807) is 0 Å². The molecule has 3 nitrogen and oxygen atoms in total. The third kappa shape index (κ3) is 5.12. The standard InChI is InChI=1S/C11H17N3.2ClH/c1-2-6-13-11(3-1)9-14-10-4-7-12-8-5-10;;/h1-3,6,10,12,14H,4-5,7-9H2;2*1H. The van der Waals surface area contributed by atoms with Crippen molar-refractivity contribution in [1.82, 2.24) is 15.6 Å². The van der Waals surface area contributed by atoms with Crippen molar-refractivity contribution in [3.05, 3.63) is 30.1 Å². The minimum absolute atomic E-state index is 0. The van der Waals surface area contributed by atoms with E-state index in [9.17, 15) is 0 Å². The Morgan fingerprint density at radius 2 is 2.00 bits per heavy atom. The smallest absolute Gasteiger partial charge is 0.0541 e. The fraction of sp³-hybridized carbons (Fsp3) is 0.545. The Morgan fingerprint density at radius 3 is 2.62 bits per heavy atom. The zero-order valence-electron chi connectivity index (χ0n) is 9.19. The number of halogens is 2. The SMILES string of the molecule is Cl.Cl.c1ccc(CNC2CCNCC2)nc1. The van der Waals surface area contributed by atoms with Crippen LogP contribution in [-0.2, 0) is 6.54 Å². The van der Waals surface area contributed by atoms with Crippen molar-refractivity contribution in [1.29, 1.82) is 0 Å². The van der Waals surface area contributed by atoms with Crippen LogP contribution in [0.4, 0.5) is 0 Å². The zero-order valence-corrected chi connectivity index (χ0v) is 10.8. The molecule has 16 heavy (non-hydrogen) atoms. The Morgan fingerprint density at radius 1 is 1.25 bits per heavy atom. The molecule has 0 saturated carbocycles. The van der Waals surface area contributed by atoms with Crippen LogP contribution in [0.25, 0.3) is 0 Å². The number of piperidine rings is 1. The zero-order chi connectivity index (χ0) is 9.64. The van der Waals surface area contributed by atoms with Gasteiger partial charge in [-0.3, -0.25) is 4.98 Å². The molecule has 0 amide bonds. The van der Waals surface area contributed by atoms with Crippen molar-refractivity contribution >= 4 is 24.8 Å². The maximum atomic E-state index is 4.29. The van der Waals surface area contributed by atoms with Gasteiger partial charge < -0.3 is 10.6 Å². The second-order valence-corrected chi connectivity index (χ2v) is 3.73. The van der Waals surface area contributed by atoms with Gasteiger partial charge in [-0.05, 0) is 38.1 Å². The first-order valence-corrected chi connectivity index (χ1v) is 5.29. The highest BCUT2D eigenvalue weighted by molar-refractivity contribution is 5.85. The van der Waals surface area contributed by atoms with Gasteiger partial charge in [-0.25, -0.2) is 0 Å². The van der Waals surface area contributed by atoms with Gasteiger partial charge in [0.05, 0.1) is 5.69 Å². The maximum Gasteiger partial charge on any atom is 0.0541 e. The molecule has 92 valence electrons. The second kappa shape index (κ2) is 8.76. The molecule has 2 rings (SSSR count). The quantitative estimate of drug-likeness (QED) is 0.873. The van der Waals surface area contributed by atoms with Crippen LogP contribution >= 0.6 is 24.8 Å². The van der Waals surface area contributed by atoms with Gasteiger partial charge in [-0.2, -0.15) is 0 Å². The minimum Gasteiger partial charge on any atom is -0.317 e. The van der Waals surface area contributed by atoms with Gasteiger partial charge in [-0.15, -0.1) is 24.8 Å². The first-order chi connectivity index (χ1) is 6.95. The summed E-state index contributed by atoms with van der Waals surface area (Å²) in [5.41, 5.74) is 1.13. The van der Waals surface area contributed by atoms with E-state index >= 15 is 0 Å². The summed E-state index contributed by atoms with van der Waals surface area (Å²) in [5, 5.41) is 6.89. The molecule has 1 aromatic rings. The van der Waals surface area contributed by atoms with E-state index in [0.717, 1.165) is 25.3 Å². The van der Waals surface area contributed by atoms with E-state index in [1.165, 1.54) is 12.8 Å². The highest BCUT2D eigenvalue weighted by atomic mass is 35.5. The molecule has 0 aliphatic carbocycles. The average molecular weight is 264 g/mol. The number of nitrogens with zero attached hydrogens (tertiary/aromatic N) is 1. The molecule has 1 aliphatic rings. The Labute approximate surface area is 109 Å². The van der Waals surface area contributed by atoms with Crippen LogP contribution in [0, 0.1) is 0 Å². The van der Waals surface area contributed by atoms with Gasteiger partial charge >= 0.3 is 0 Å². The van der Waals surface area contributed by atoms with E-state index < -0.39 is 0 Å². The lowest BCUT2D eigenvalue weighted by Gasteiger charge is -2.23. The van der Waals surface area contributed by atoms with Gasteiger partial charge in [0.15, 0.2) is 0 Å². The van der Waals surface area contributed by atoms with Crippen LogP contribution in [0.1, 0.15) is 18.5 Å². The Bertz CT molecular complexity index is 263. The van der Waals surface area contributed by atoms with E-state index in [1.807, 2.05) is 18.3 Å². The normalized spacial score (nSPS) is 16.0. The fourth-order valence-corrected chi connectivity index (χ4v) is 1.78. The highest BCUT2D eigenvalue weighted by Crippen LogP contribution is 2.03. The number of hydrogen-bond acceptors (Lipinski definition) is 3. The largest absolute Gasteiger partial charge is 0.317 e. The predicted molar refractivity (Wildman–Crippen MR) is 71.5 cm³/mol. The summed E-state index contributed by atoms with van der Waals surface area (Å²) in [7, 11) is 0. The highest BCUT2D eigenvalue weighted by Gasteiger charge is 2.11. The molecule has 2 heterocycles. The van der Waals surface area contributed by atoms with Crippen LogP contribution in [0.5, 0.6) is 0 Å². The maximum absolute atomic E-state index is 4.29. The van der Waals surface area contributed by atoms with Crippen LogP contribution < -0.4 is 10.6 Å². The summed E-state index contributed by atoms with van der Waals surface area (Å²) in [6.45, 7) is 3.17. The molecule has 2 N–H and O–H groups in total. The summed E-state index contributed by atoms with van der Waals surface area (Å²) >= 11 is 0. The first-order valence-electron chi connectivity index (χ1n) is 5.29. The number of hydrogen-bond donors (Lipinski definition) is 2. The molecule has 5 heteroatoms. The third-order valence-corrected chi connectivity index (χ3v) is 2.64. The topological polar surface area (TPSA) is 37.0 Å². The molecule has 0 radical (unpaired) electrons. The van der Waals surface area contributed by atoms with Crippen LogP contribution in [0.2, 0.25) is 0 Å². The molecular weight excluding hydrogens is 245 g/mol. The molecule has 1 aromatic heterocycles. The summed E-state index contributed by atoms with van der Waals surface area (Å²) < 4.78 is 0. The number of nitrogens with one attached hydrogen (secondary N) is 2. The molecule has 0 bridgehead atoms. The lowest BCUT2D eigenvalue weighted by Crippen LogP contribution is -2.39. The third-order valence-electron chi connectivity index (χ3n) is 2.64. The summed E-state index contributed by atoms with van der Waals surface area (Å²) in [6.07, 6.45) is 4.30. The van der Waals surface area contributed by atoms with E-state index in [-0.39, 0.29) is 24.8 Å². The molecule has 0 unspecified atom stereocenters. The summed E-state index contributed by atoms with van der Waals surface area (Å²) in [6, 6.07) is 6.72. The lowest BCUT2D eigenvalue weighted by molar-refractivity contribution is 0.385. The van der Waals surface area contributed by atoms with Crippen molar-refractivity contribution in [2.24, 2.45) is 0 Å². The molecular formula is C11H19Cl2N3. The first kappa shape index (κ1) is 15.7. The number of aromatic nitrogens is 1. The lowest BCUT2D eigenvalue weighted by atomic mass is 10.1. The number of rotatable bonds is 3. The van der Waals surface area contributed by atoms with Crippen molar-refractivity contribution in [2.45, 2.75) is 25.4 Å². The van der Waals surface area contributed by atoms with Gasteiger partial charge in [-0.1, -0.05) is 6.07 Å². The number of pyridine rings is 1. The molecule has 1 aliphatic heterocycles. The minimum atomic E-state index is 0. The van der Waals surface area contributed by atoms with Gasteiger partial charge in [0.1, 0.15) is 0 Å². The van der Waals surface area contributed by atoms with Crippen molar-refractivity contribution in [3.63, 3.8) is 0 Å². The van der Waals surface area contributed by atoms with Crippen molar-refractivity contribution in [2.75, 3.05) is 13.1 Å². The van der Waals surface area contributed by atoms with Gasteiger partial charge in [0.2, 0.25) is 0 Å². The Balaban J connectivity index is 0.00000112. The predicted octanol–water partition coefficient (Wildman–Crippen LogP) is 1.77. The van der Waals surface area contributed by atoms with E-state index in [4.69, 9.17) is 0 Å². The average Bonchev–Trinajstić information content (AvgIpc) is 2.29. The summed E-state index contributed by atoms with van der Waals surface area (Å²) in [5.74, 6) is 0. The molecule has 1 saturated heterocycles. The van der Waals surface area contributed by atoms with Crippen LogP contribution in [0.15, 0.2) is 24.4 Å². The molecule has 1 fully saturated rings. The second-order valence-electron chi connectivity index (χ2n) is 3.73. The molecule has 0 atom stereocenters. The summed E-state index contributed by atoms with van der Waals surface area (Å²) in [4.78, 5) is 4.29. The monoisotopic (exact) mass is 263 g/mol. The molecule has 0 spiro atoms. The van der Waals surface area contributed by atoms with Crippen molar-refractivity contribution < 1.29 is 0 Å². The van der Waals surface area contributed by atoms with Gasteiger partial charge in [0, 0.05) is 18.8 Å². The van der Waals surface area contributed by atoms with Gasteiger partial charge in [0.25, 0.3) is 0 Å². The molecule has 0 aromatic carbocycles. The van der Waals surface area contributed by atoms with E-state index in [0.29, 0.717) is 6.04 Å². The Hall–Kier alpha value is -0.350. The van der Waals surface area contributed by atoms with Crippen LogP contribution in [0.3, 0.4) is 0 Å². The van der Waals surface area contributed by atoms with Crippen molar-refractivity contribution in [3.8, 4) is 0 Å².